The number of nitrogens with zero attached hydrogens (tertiary/aromatic N) is 1. The van der Waals surface area contributed by atoms with Gasteiger partial charge in [-0.25, -0.2) is 0 Å². The molecular weight excluding hydrogens is 324 g/mol. The third-order valence-corrected chi connectivity index (χ3v) is 5.32. The zero-order valence-corrected chi connectivity index (χ0v) is 14.2. The van der Waals surface area contributed by atoms with Crippen molar-refractivity contribution >= 4 is 45.6 Å². The molecule has 1 aromatic carbocycles. The summed E-state index contributed by atoms with van der Waals surface area (Å²) in [6.45, 7) is 3.80. The fourth-order valence-corrected chi connectivity index (χ4v) is 3.47. The van der Waals surface area contributed by atoms with Gasteiger partial charge in [-0.2, -0.15) is 5.26 Å². The maximum absolute atomic E-state index is 12.4. The number of thiophene rings is 1. The summed E-state index contributed by atoms with van der Waals surface area (Å²) in [6.07, 6.45) is 1.94. The Bertz CT molecular complexity index is 747. The van der Waals surface area contributed by atoms with E-state index in [4.69, 9.17) is 11.6 Å². The van der Waals surface area contributed by atoms with Gasteiger partial charge in [-0.15, -0.1) is 23.1 Å². The van der Waals surface area contributed by atoms with Crippen LogP contribution in [0.4, 0.5) is 5.00 Å². The van der Waals surface area contributed by atoms with Crippen LogP contribution in [0.25, 0.3) is 0 Å². The van der Waals surface area contributed by atoms with Gasteiger partial charge in [0.25, 0.3) is 5.91 Å². The zero-order valence-electron chi connectivity index (χ0n) is 11.8. The van der Waals surface area contributed by atoms with Crippen LogP contribution in [0.1, 0.15) is 26.4 Å². The molecule has 2 rings (SSSR count). The lowest BCUT2D eigenvalue weighted by Gasteiger charge is -2.07. The number of thioether (sulfide) groups is 1. The molecule has 0 saturated heterocycles. The second-order valence-corrected chi connectivity index (χ2v) is 6.91. The maximum Gasteiger partial charge on any atom is 0.257 e. The van der Waals surface area contributed by atoms with Gasteiger partial charge in [0.1, 0.15) is 11.1 Å². The Hall–Kier alpha value is -1.48. The summed E-state index contributed by atoms with van der Waals surface area (Å²) >= 11 is 9.04. The van der Waals surface area contributed by atoms with Crippen molar-refractivity contribution in [3.63, 3.8) is 0 Å². The van der Waals surface area contributed by atoms with E-state index in [0.29, 0.717) is 21.2 Å². The summed E-state index contributed by atoms with van der Waals surface area (Å²) in [4.78, 5) is 14.4. The fraction of sp³-hybridized carbons (Fsp3) is 0.200. The first-order chi connectivity index (χ1) is 9.97. The maximum atomic E-state index is 12.4. The molecule has 0 spiro atoms. The van der Waals surface area contributed by atoms with Gasteiger partial charge in [-0.3, -0.25) is 4.79 Å². The number of anilines is 1. The van der Waals surface area contributed by atoms with E-state index in [0.717, 1.165) is 15.3 Å². The second kappa shape index (κ2) is 6.52. The first-order valence-electron chi connectivity index (χ1n) is 6.13. The quantitative estimate of drug-likeness (QED) is 0.814. The Morgan fingerprint density at radius 2 is 2.14 bits per heavy atom. The molecule has 0 atom stereocenters. The predicted molar refractivity (Wildman–Crippen MR) is 89.7 cm³/mol. The van der Waals surface area contributed by atoms with Crippen LogP contribution in [-0.4, -0.2) is 12.2 Å². The average molecular weight is 337 g/mol. The number of amides is 1. The SMILES string of the molecule is CSc1ccc(Cl)c(C(=O)Nc2sc(C)c(C)c2C#N)c1. The monoisotopic (exact) mass is 336 g/mol. The molecule has 1 aromatic heterocycles. The fourth-order valence-electron chi connectivity index (χ4n) is 1.83. The van der Waals surface area contributed by atoms with E-state index in [1.165, 1.54) is 11.3 Å². The molecule has 2 aromatic rings. The minimum absolute atomic E-state index is 0.298. The molecule has 0 bridgehead atoms. The van der Waals surface area contributed by atoms with E-state index in [9.17, 15) is 10.1 Å². The summed E-state index contributed by atoms with van der Waals surface area (Å²) < 4.78 is 0. The van der Waals surface area contributed by atoms with Gasteiger partial charge in [0.05, 0.1) is 16.1 Å². The Morgan fingerprint density at radius 3 is 2.76 bits per heavy atom. The smallest absolute Gasteiger partial charge is 0.257 e. The molecule has 0 aliphatic rings. The highest BCUT2D eigenvalue weighted by atomic mass is 35.5. The lowest BCUT2D eigenvalue weighted by molar-refractivity contribution is 0.102. The molecule has 108 valence electrons. The molecule has 0 aliphatic heterocycles. The Morgan fingerprint density at radius 1 is 1.43 bits per heavy atom. The van der Waals surface area contributed by atoms with E-state index in [1.807, 2.05) is 26.2 Å². The summed E-state index contributed by atoms with van der Waals surface area (Å²) in [6, 6.07) is 7.46. The molecule has 1 N–H and O–H groups in total. The van der Waals surface area contributed by atoms with Crippen molar-refractivity contribution < 1.29 is 4.79 Å². The molecule has 6 heteroatoms. The van der Waals surface area contributed by atoms with Crippen LogP contribution in [0.3, 0.4) is 0 Å². The first-order valence-corrected chi connectivity index (χ1v) is 8.54. The number of hydrogen-bond acceptors (Lipinski definition) is 4. The van der Waals surface area contributed by atoms with Crippen LogP contribution in [0.15, 0.2) is 23.1 Å². The molecular formula is C15H13ClN2OS2. The third kappa shape index (κ3) is 3.24. The zero-order chi connectivity index (χ0) is 15.6. The molecule has 0 fully saturated rings. The highest BCUT2D eigenvalue weighted by molar-refractivity contribution is 7.98. The number of carbonyl (C=O) groups excluding carboxylic acids is 1. The minimum Gasteiger partial charge on any atom is -0.312 e. The van der Waals surface area contributed by atoms with Gasteiger partial charge in [-0.05, 0) is 43.9 Å². The topological polar surface area (TPSA) is 52.9 Å². The van der Waals surface area contributed by atoms with Crippen LogP contribution < -0.4 is 5.32 Å². The van der Waals surface area contributed by atoms with E-state index in [-0.39, 0.29) is 5.91 Å². The van der Waals surface area contributed by atoms with Crippen LogP contribution in [-0.2, 0) is 0 Å². The molecule has 1 heterocycles. The summed E-state index contributed by atoms with van der Waals surface area (Å²) in [7, 11) is 0. The largest absolute Gasteiger partial charge is 0.312 e. The summed E-state index contributed by atoms with van der Waals surface area (Å²) in [5, 5.41) is 13.0. The van der Waals surface area contributed by atoms with Crippen molar-refractivity contribution in [1.82, 2.24) is 0 Å². The molecule has 0 aliphatic carbocycles. The van der Waals surface area contributed by atoms with E-state index in [1.54, 1.807) is 23.9 Å². The van der Waals surface area contributed by atoms with Crippen LogP contribution in [0.2, 0.25) is 5.02 Å². The highest BCUT2D eigenvalue weighted by Crippen LogP contribution is 2.32. The summed E-state index contributed by atoms with van der Waals surface area (Å²) in [5.41, 5.74) is 1.83. The van der Waals surface area contributed by atoms with Crippen molar-refractivity contribution in [2.75, 3.05) is 11.6 Å². The second-order valence-electron chi connectivity index (χ2n) is 4.40. The van der Waals surface area contributed by atoms with Gasteiger partial charge in [-0.1, -0.05) is 11.6 Å². The van der Waals surface area contributed by atoms with Crippen LogP contribution in [0, 0.1) is 25.2 Å². The van der Waals surface area contributed by atoms with Crippen molar-refractivity contribution in [3.8, 4) is 6.07 Å². The Balaban J connectivity index is 2.35. The number of halogens is 1. The van der Waals surface area contributed by atoms with Crippen molar-refractivity contribution in [3.05, 3.63) is 44.8 Å². The number of nitriles is 1. The van der Waals surface area contributed by atoms with Crippen molar-refractivity contribution in [2.45, 2.75) is 18.7 Å². The van der Waals surface area contributed by atoms with E-state index < -0.39 is 0 Å². The molecule has 3 nitrogen and oxygen atoms in total. The number of benzene rings is 1. The normalized spacial score (nSPS) is 10.2. The molecule has 1 amide bonds. The molecule has 0 radical (unpaired) electrons. The van der Waals surface area contributed by atoms with Crippen molar-refractivity contribution in [2.24, 2.45) is 0 Å². The van der Waals surface area contributed by atoms with E-state index >= 15 is 0 Å². The third-order valence-electron chi connectivity index (χ3n) is 3.14. The highest BCUT2D eigenvalue weighted by Gasteiger charge is 2.17. The number of carbonyl (C=O) groups is 1. The molecule has 0 unspecified atom stereocenters. The Kier molecular flexibility index (Phi) is 4.94. The lowest BCUT2D eigenvalue weighted by atomic mass is 10.1. The van der Waals surface area contributed by atoms with Gasteiger partial charge >= 0.3 is 0 Å². The molecule has 21 heavy (non-hydrogen) atoms. The standard InChI is InChI=1S/C15H13ClN2OS2/c1-8-9(2)21-15(12(8)7-17)18-14(19)11-6-10(20-3)4-5-13(11)16/h4-6H,1-3H3,(H,18,19). The first kappa shape index (κ1) is 15.9. The number of nitrogens with one attached hydrogen (secondary N) is 1. The van der Waals surface area contributed by atoms with Crippen LogP contribution in [0.5, 0.6) is 0 Å². The van der Waals surface area contributed by atoms with Gasteiger partial charge < -0.3 is 5.32 Å². The van der Waals surface area contributed by atoms with E-state index in [2.05, 4.69) is 11.4 Å². The van der Waals surface area contributed by atoms with Crippen LogP contribution >= 0.6 is 34.7 Å². The Labute approximate surface area is 136 Å². The van der Waals surface area contributed by atoms with Gasteiger partial charge in [0.2, 0.25) is 0 Å². The number of aryl methyl sites for hydroxylation is 1. The van der Waals surface area contributed by atoms with Gasteiger partial charge in [0, 0.05) is 9.77 Å². The number of rotatable bonds is 3. The average Bonchev–Trinajstić information content (AvgIpc) is 2.73. The lowest BCUT2D eigenvalue weighted by Crippen LogP contribution is -2.12. The predicted octanol–water partition coefficient (Wildman–Crippen LogP) is 4.86. The van der Waals surface area contributed by atoms with Gasteiger partial charge in [0.15, 0.2) is 0 Å². The summed E-state index contributed by atoms with van der Waals surface area (Å²) in [5.74, 6) is -0.298. The number of hydrogen-bond donors (Lipinski definition) is 1. The minimum atomic E-state index is -0.298. The van der Waals surface area contributed by atoms with Crippen molar-refractivity contribution in [1.29, 1.82) is 5.26 Å². The molecule has 0 saturated carbocycles.